The van der Waals surface area contributed by atoms with Crippen molar-refractivity contribution in [3.63, 3.8) is 0 Å². The molecule has 0 aromatic carbocycles. The van der Waals surface area contributed by atoms with Gasteiger partial charge >= 0.3 is 5.76 Å². The zero-order valence-electron chi connectivity index (χ0n) is 12.1. The van der Waals surface area contributed by atoms with Crippen molar-refractivity contribution in [2.45, 2.75) is 46.1 Å². The van der Waals surface area contributed by atoms with Gasteiger partial charge in [-0.25, -0.2) is 9.78 Å². The van der Waals surface area contributed by atoms with Crippen LogP contribution in [0.4, 0.5) is 0 Å². The summed E-state index contributed by atoms with van der Waals surface area (Å²) >= 11 is 4.54. The Morgan fingerprint density at radius 1 is 1.35 bits per heavy atom. The molecule has 4 nitrogen and oxygen atoms in total. The average molecular weight is 294 g/mol. The Morgan fingerprint density at radius 3 is 2.65 bits per heavy atom. The van der Waals surface area contributed by atoms with Crippen molar-refractivity contribution in [1.29, 1.82) is 0 Å². The van der Waals surface area contributed by atoms with E-state index in [1.807, 2.05) is 0 Å². The minimum absolute atomic E-state index is 0.0325. The molecule has 2 heterocycles. The zero-order chi connectivity index (χ0) is 14.6. The second-order valence-electron chi connectivity index (χ2n) is 5.44. The molecule has 0 atom stereocenters. The predicted octanol–water partition coefficient (Wildman–Crippen LogP) is 3.51. The number of rotatable bonds is 7. The first-order chi connectivity index (χ1) is 9.65. The number of nitrogens with zero attached hydrogens (tertiary/aromatic N) is 2. The van der Waals surface area contributed by atoms with Gasteiger partial charge in [0.1, 0.15) is 0 Å². The molecule has 0 unspecified atom stereocenters. The van der Waals surface area contributed by atoms with Gasteiger partial charge in [-0.2, -0.15) is 12.6 Å². The normalized spacial score (nSPS) is 12.2. The maximum atomic E-state index is 12.1. The van der Waals surface area contributed by atoms with Crippen LogP contribution in [0.1, 0.15) is 39.5 Å². The summed E-state index contributed by atoms with van der Waals surface area (Å²) in [5, 5.41) is 0. The van der Waals surface area contributed by atoms with Gasteiger partial charge in [0.05, 0.1) is 0 Å². The van der Waals surface area contributed by atoms with Crippen LogP contribution in [0.2, 0.25) is 0 Å². The molecular weight excluding hydrogens is 272 g/mol. The summed E-state index contributed by atoms with van der Waals surface area (Å²) in [5.74, 6) is 0.442. The summed E-state index contributed by atoms with van der Waals surface area (Å²) in [6, 6.07) is 3.56. The highest BCUT2D eigenvalue weighted by Crippen LogP contribution is 2.33. The Kier molecular flexibility index (Phi) is 4.91. The number of oxazole rings is 1. The Balaban J connectivity index is 2.42. The van der Waals surface area contributed by atoms with Gasteiger partial charge in [-0.15, -0.1) is 0 Å². The minimum atomic E-state index is -0.322. The third-order valence-corrected chi connectivity index (χ3v) is 4.48. The van der Waals surface area contributed by atoms with Crippen LogP contribution in [0.3, 0.4) is 0 Å². The molecule has 2 aromatic heterocycles. The Bertz CT molecular complexity index is 612. The van der Waals surface area contributed by atoms with E-state index in [-0.39, 0.29) is 11.2 Å². The van der Waals surface area contributed by atoms with Gasteiger partial charge in [0.2, 0.25) is 0 Å². The molecule has 0 radical (unpaired) electrons. The van der Waals surface area contributed by atoms with Gasteiger partial charge in [-0.05, 0) is 36.1 Å². The van der Waals surface area contributed by atoms with E-state index in [0.717, 1.165) is 31.4 Å². The molecule has 0 aliphatic rings. The Labute approximate surface area is 124 Å². The van der Waals surface area contributed by atoms with E-state index >= 15 is 0 Å². The number of thiol groups is 1. The summed E-state index contributed by atoms with van der Waals surface area (Å²) in [6.45, 7) is 4.96. The lowest BCUT2D eigenvalue weighted by molar-refractivity contribution is 0.227. The first-order valence-corrected chi connectivity index (χ1v) is 7.84. The fourth-order valence-electron chi connectivity index (χ4n) is 2.93. The molecule has 0 N–H and O–H groups in total. The van der Waals surface area contributed by atoms with Gasteiger partial charge in [0, 0.05) is 12.7 Å². The van der Waals surface area contributed by atoms with E-state index in [2.05, 4.69) is 31.5 Å². The van der Waals surface area contributed by atoms with E-state index in [9.17, 15) is 4.79 Å². The van der Waals surface area contributed by atoms with Crippen LogP contribution in [-0.2, 0) is 6.54 Å². The Hall–Kier alpha value is -1.23. The molecule has 2 rings (SSSR count). The van der Waals surface area contributed by atoms with Crippen molar-refractivity contribution in [2.75, 3.05) is 5.75 Å². The van der Waals surface area contributed by atoms with E-state index in [0.29, 0.717) is 17.8 Å². The van der Waals surface area contributed by atoms with Crippen molar-refractivity contribution < 1.29 is 4.42 Å². The molecule has 5 heteroatoms. The van der Waals surface area contributed by atoms with E-state index < -0.39 is 0 Å². The second kappa shape index (κ2) is 6.48. The SMILES string of the molecule is CCCC(CS)(CCC)Cn1c(=O)oc2cccnc21. The van der Waals surface area contributed by atoms with E-state index in [1.54, 1.807) is 22.9 Å². The molecule has 20 heavy (non-hydrogen) atoms. The fourth-order valence-corrected chi connectivity index (χ4v) is 3.34. The number of hydrogen-bond donors (Lipinski definition) is 1. The third-order valence-electron chi connectivity index (χ3n) is 3.81. The topological polar surface area (TPSA) is 48.0 Å². The number of fused-ring (bicyclic) bond motifs is 1. The van der Waals surface area contributed by atoms with Crippen LogP contribution in [-0.4, -0.2) is 15.3 Å². The number of aromatic nitrogens is 2. The maximum Gasteiger partial charge on any atom is 0.421 e. The first kappa shape index (κ1) is 15.2. The van der Waals surface area contributed by atoms with Crippen molar-refractivity contribution >= 4 is 23.9 Å². The van der Waals surface area contributed by atoms with Gasteiger partial charge < -0.3 is 4.42 Å². The molecule has 0 bridgehead atoms. The molecule has 2 aromatic rings. The highest BCUT2D eigenvalue weighted by atomic mass is 32.1. The van der Waals surface area contributed by atoms with E-state index in [1.165, 1.54) is 0 Å². The standard InChI is InChI=1S/C15H22N2O2S/c1-3-7-15(11-20,8-4-2)10-17-13-12(19-14(17)18)6-5-9-16-13/h5-6,9,20H,3-4,7-8,10-11H2,1-2H3. The molecule has 0 amide bonds. The highest BCUT2D eigenvalue weighted by Gasteiger charge is 2.29. The summed E-state index contributed by atoms with van der Waals surface area (Å²) in [7, 11) is 0. The highest BCUT2D eigenvalue weighted by molar-refractivity contribution is 7.80. The largest absolute Gasteiger partial charge is 0.421 e. The first-order valence-electron chi connectivity index (χ1n) is 7.21. The summed E-state index contributed by atoms with van der Waals surface area (Å²) in [5.41, 5.74) is 1.22. The fraction of sp³-hybridized carbons (Fsp3) is 0.600. The van der Waals surface area contributed by atoms with Crippen molar-refractivity contribution in [3.8, 4) is 0 Å². The third kappa shape index (κ3) is 2.92. The summed E-state index contributed by atoms with van der Waals surface area (Å²) in [6.07, 6.45) is 5.96. The smallest absolute Gasteiger partial charge is 0.406 e. The van der Waals surface area contributed by atoms with Crippen molar-refractivity contribution in [3.05, 3.63) is 28.9 Å². The Morgan fingerprint density at radius 2 is 2.05 bits per heavy atom. The van der Waals surface area contributed by atoms with Crippen molar-refractivity contribution in [2.24, 2.45) is 5.41 Å². The van der Waals surface area contributed by atoms with Crippen LogP contribution in [0.5, 0.6) is 0 Å². The summed E-state index contributed by atoms with van der Waals surface area (Å²) in [4.78, 5) is 16.4. The molecule has 0 saturated carbocycles. The molecule has 0 aliphatic heterocycles. The lowest BCUT2D eigenvalue weighted by Gasteiger charge is -2.31. The van der Waals surface area contributed by atoms with Crippen LogP contribution in [0, 0.1) is 5.41 Å². The molecule has 110 valence electrons. The van der Waals surface area contributed by atoms with Crippen LogP contribution in [0.15, 0.2) is 27.5 Å². The van der Waals surface area contributed by atoms with Crippen LogP contribution < -0.4 is 5.76 Å². The number of pyridine rings is 1. The molecule has 0 aliphatic carbocycles. The number of hydrogen-bond acceptors (Lipinski definition) is 4. The maximum absolute atomic E-state index is 12.1. The summed E-state index contributed by atoms with van der Waals surface area (Å²) < 4.78 is 6.93. The lowest BCUT2D eigenvalue weighted by atomic mass is 9.81. The quantitative estimate of drug-likeness (QED) is 0.795. The van der Waals surface area contributed by atoms with E-state index in [4.69, 9.17) is 4.42 Å². The van der Waals surface area contributed by atoms with Gasteiger partial charge in [0.15, 0.2) is 11.2 Å². The minimum Gasteiger partial charge on any atom is -0.406 e. The average Bonchev–Trinajstić information content (AvgIpc) is 2.75. The molecule has 0 spiro atoms. The van der Waals surface area contributed by atoms with Gasteiger partial charge in [-0.1, -0.05) is 26.7 Å². The van der Waals surface area contributed by atoms with Gasteiger partial charge in [0.25, 0.3) is 0 Å². The molecule has 0 saturated heterocycles. The van der Waals surface area contributed by atoms with Crippen LogP contribution in [0.25, 0.3) is 11.2 Å². The monoisotopic (exact) mass is 294 g/mol. The zero-order valence-corrected chi connectivity index (χ0v) is 13.0. The lowest BCUT2D eigenvalue weighted by Crippen LogP contribution is -2.32. The molecule has 0 fully saturated rings. The predicted molar refractivity (Wildman–Crippen MR) is 84.4 cm³/mol. The molecular formula is C15H22N2O2S. The second-order valence-corrected chi connectivity index (χ2v) is 5.75. The van der Waals surface area contributed by atoms with Crippen LogP contribution >= 0.6 is 12.6 Å². The van der Waals surface area contributed by atoms with Gasteiger partial charge in [-0.3, -0.25) is 4.57 Å². The van der Waals surface area contributed by atoms with Crippen molar-refractivity contribution in [1.82, 2.24) is 9.55 Å².